The average Bonchev–Trinajstić information content (AvgIpc) is 2.85. The molecule has 21 heavy (non-hydrogen) atoms. The monoisotopic (exact) mass is 375 g/mol. The van der Waals surface area contributed by atoms with E-state index >= 15 is 0 Å². The molecule has 0 fully saturated rings. The van der Waals surface area contributed by atoms with E-state index in [1.54, 1.807) is 23.5 Å². The van der Waals surface area contributed by atoms with Crippen LogP contribution in [0, 0.1) is 0 Å². The molecule has 2 nitrogen and oxygen atoms in total. The fourth-order valence-electron chi connectivity index (χ4n) is 2.07. The van der Waals surface area contributed by atoms with Gasteiger partial charge in [-0.25, -0.2) is 0 Å². The summed E-state index contributed by atoms with van der Waals surface area (Å²) >= 11 is 5.12. The van der Waals surface area contributed by atoms with Crippen LogP contribution in [0.1, 0.15) is 36.4 Å². The van der Waals surface area contributed by atoms with Crippen LogP contribution in [0.4, 0.5) is 8.78 Å². The number of thiophene rings is 1. The van der Waals surface area contributed by atoms with Crippen molar-refractivity contribution in [1.82, 2.24) is 5.32 Å². The largest absolute Gasteiger partial charge is 0.435 e. The summed E-state index contributed by atoms with van der Waals surface area (Å²) in [6.07, 6.45) is 0. The number of halogens is 3. The highest BCUT2D eigenvalue weighted by molar-refractivity contribution is 9.11. The van der Waals surface area contributed by atoms with Gasteiger partial charge in [0.2, 0.25) is 0 Å². The van der Waals surface area contributed by atoms with E-state index < -0.39 is 6.61 Å². The molecule has 0 bridgehead atoms. The molecule has 0 spiro atoms. The number of rotatable bonds is 6. The zero-order valence-corrected chi connectivity index (χ0v) is 14.0. The van der Waals surface area contributed by atoms with E-state index in [4.69, 9.17) is 0 Å². The third-order valence-corrected chi connectivity index (χ3v) is 4.91. The van der Waals surface area contributed by atoms with Crippen LogP contribution in [0.3, 0.4) is 0 Å². The lowest BCUT2D eigenvalue weighted by molar-refractivity contribution is -0.0499. The van der Waals surface area contributed by atoms with Gasteiger partial charge in [0.25, 0.3) is 0 Å². The van der Waals surface area contributed by atoms with Gasteiger partial charge in [0.05, 0.1) is 3.79 Å². The van der Waals surface area contributed by atoms with Crippen LogP contribution in [-0.4, -0.2) is 6.61 Å². The maximum Gasteiger partial charge on any atom is 0.387 e. The van der Waals surface area contributed by atoms with Crippen molar-refractivity contribution in [2.75, 3.05) is 0 Å². The van der Waals surface area contributed by atoms with Crippen molar-refractivity contribution in [3.8, 4) is 5.75 Å². The van der Waals surface area contributed by atoms with Crippen molar-refractivity contribution in [3.05, 3.63) is 50.6 Å². The summed E-state index contributed by atoms with van der Waals surface area (Å²) in [6.45, 7) is 1.28. The van der Waals surface area contributed by atoms with E-state index in [9.17, 15) is 8.78 Å². The van der Waals surface area contributed by atoms with Gasteiger partial charge >= 0.3 is 6.61 Å². The molecule has 0 radical (unpaired) electrons. The Morgan fingerprint density at radius 1 is 1.14 bits per heavy atom. The number of hydrogen-bond donors (Lipinski definition) is 1. The molecular weight excluding hydrogens is 360 g/mol. The standard InChI is InChI=1S/C15H16BrF2NOS/c1-9(19-10(2)13-6-7-14(16)21-13)11-4-3-5-12(8-11)20-15(17)18/h3-10,15,19H,1-2H3. The van der Waals surface area contributed by atoms with Crippen LogP contribution in [0.25, 0.3) is 0 Å². The van der Waals surface area contributed by atoms with E-state index in [2.05, 4.69) is 39.0 Å². The Balaban J connectivity index is 2.04. The fraction of sp³-hybridized carbons (Fsp3) is 0.333. The number of benzene rings is 1. The molecule has 2 atom stereocenters. The van der Waals surface area contributed by atoms with Crippen molar-refractivity contribution < 1.29 is 13.5 Å². The highest BCUT2D eigenvalue weighted by Crippen LogP contribution is 2.29. The minimum atomic E-state index is -2.80. The quantitative estimate of drug-likeness (QED) is 0.717. The second-order valence-electron chi connectivity index (χ2n) is 4.70. The highest BCUT2D eigenvalue weighted by atomic mass is 79.9. The van der Waals surface area contributed by atoms with Crippen molar-refractivity contribution in [1.29, 1.82) is 0 Å². The van der Waals surface area contributed by atoms with Crippen LogP contribution in [0.5, 0.6) is 5.75 Å². The molecule has 0 aliphatic carbocycles. The molecule has 6 heteroatoms. The fourth-order valence-corrected chi connectivity index (χ4v) is 3.51. The maximum absolute atomic E-state index is 12.2. The summed E-state index contributed by atoms with van der Waals surface area (Å²) in [6, 6.07) is 11.1. The van der Waals surface area contributed by atoms with Crippen molar-refractivity contribution >= 4 is 27.3 Å². The molecule has 0 aliphatic rings. The maximum atomic E-state index is 12.2. The first-order chi connectivity index (χ1) is 9.95. The van der Waals surface area contributed by atoms with E-state index in [-0.39, 0.29) is 17.8 Å². The molecule has 114 valence electrons. The number of hydrogen-bond acceptors (Lipinski definition) is 3. The van der Waals surface area contributed by atoms with Gasteiger partial charge in [0, 0.05) is 17.0 Å². The molecule has 1 aromatic heterocycles. The lowest BCUT2D eigenvalue weighted by Crippen LogP contribution is -2.21. The van der Waals surface area contributed by atoms with Crippen molar-refractivity contribution in [3.63, 3.8) is 0 Å². The summed E-state index contributed by atoms with van der Waals surface area (Å²) < 4.78 is 30.0. The first kappa shape index (κ1) is 16.4. The smallest absolute Gasteiger partial charge is 0.387 e. The predicted octanol–water partition coefficient (Wildman–Crippen LogP) is 5.52. The zero-order chi connectivity index (χ0) is 15.4. The second kappa shape index (κ2) is 7.33. The highest BCUT2D eigenvalue weighted by Gasteiger charge is 2.14. The molecule has 1 heterocycles. The van der Waals surface area contributed by atoms with Gasteiger partial charge in [0.1, 0.15) is 5.75 Å². The van der Waals surface area contributed by atoms with E-state index in [0.29, 0.717) is 0 Å². The van der Waals surface area contributed by atoms with Crippen LogP contribution < -0.4 is 10.1 Å². The van der Waals surface area contributed by atoms with Gasteiger partial charge in [-0.2, -0.15) is 8.78 Å². The summed E-state index contributed by atoms with van der Waals surface area (Å²) in [5, 5.41) is 3.45. The zero-order valence-electron chi connectivity index (χ0n) is 11.6. The Morgan fingerprint density at radius 2 is 1.90 bits per heavy atom. The topological polar surface area (TPSA) is 21.3 Å². The summed E-state index contributed by atoms with van der Waals surface area (Å²) in [5.41, 5.74) is 0.913. The Hall–Kier alpha value is -0.980. The molecule has 0 amide bonds. The first-order valence-electron chi connectivity index (χ1n) is 6.51. The number of alkyl halides is 2. The lowest BCUT2D eigenvalue weighted by Gasteiger charge is -2.20. The lowest BCUT2D eigenvalue weighted by atomic mass is 10.1. The average molecular weight is 376 g/mol. The first-order valence-corrected chi connectivity index (χ1v) is 8.12. The normalized spacial score (nSPS) is 14.2. The van der Waals surface area contributed by atoms with Gasteiger partial charge in [-0.05, 0) is 59.6 Å². The van der Waals surface area contributed by atoms with Gasteiger partial charge in [-0.3, -0.25) is 0 Å². The SMILES string of the molecule is CC(NC(C)c1ccc(Br)s1)c1cccc(OC(F)F)c1. The number of nitrogens with one attached hydrogen (secondary N) is 1. The van der Waals surface area contributed by atoms with Crippen LogP contribution in [0.2, 0.25) is 0 Å². The Morgan fingerprint density at radius 3 is 2.52 bits per heavy atom. The molecule has 0 aliphatic heterocycles. The van der Waals surface area contributed by atoms with Crippen LogP contribution >= 0.6 is 27.3 Å². The third kappa shape index (κ3) is 4.76. The Kier molecular flexibility index (Phi) is 5.72. The minimum Gasteiger partial charge on any atom is -0.435 e. The van der Waals surface area contributed by atoms with Crippen LogP contribution in [-0.2, 0) is 0 Å². The van der Waals surface area contributed by atoms with Crippen LogP contribution in [0.15, 0.2) is 40.2 Å². The molecule has 0 saturated heterocycles. The van der Waals surface area contributed by atoms with E-state index in [1.807, 2.05) is 19.1 Å². The molecule has 2 unspecified atom stereocenters. The van der Waals surface area contributed by atoms with Gasteiger partial charge in [0.15, 0.2) is 0 Å². The Labute approximate surface area is 135 Å². The molecular formula is C15H16BrF2NOS. The van der Waals surface area contributed by atoms with E-state index in [1.165, 1.54) is 10.9 Å². The summed E-state index contributed by atoms with van der Waals surface area (Å²) in [4.78, 5) is 1.22. The Bertz CT molecular complexity index is 591. The molecule has 1 aromatic carbocycles. The number of ether oxygens (including phenoxy) is 1. The van der Waals surface area contributed by atoms with Gasteiger partial charge < -0.3 is 10.1 Å². The second-order valence-corrected chi connectivity index (χ2v) is 7.20. The van der Waals surface area contributed by atoms with Gasteiger partial charge in [-0.15, -0.1) is 11.3 Å². The molecule has 2 aromatic rings. The molecule has 0 saturated carbocycles. The summed E-state index contributed by atoms with van der Waals surface area (Å²) in [7, 11) is 0. The minimum absolute atomic E-state index is 0.0297. The predicted molar refractivity (Wildman–Crippen MR) is 85.1 cm³/mol. The molecule has 2 rings (SSSR count). The third-order valence-electron chi connectivity index (χ3n) is 3.10. The van der Waals surface area contributed by atoms with E-state index in [0.717, 1.165) is 9.35 Å². The summed E-state index contributed by atoms with van der Waals surface area (Å²) in [5.74, 6) is 0.183. The van der Waals surface area contributed by atoms with Crippen molar-refractivity contribution in [2.45, 2.75) is 32.5 Å². The van der Waals surface area contributed by atoms with Gasteiger partial charge in [-0.1, -0.05) is 12.1 Å². The molecule has 1 N–H and O–H groups in total. The van der Waals surface area contributed by atoms with Crippen molar-refractivity contribution in [2.24, 2.45) is 0 Å².